The van der Waals surface area contributed by atoms with Crippen molar-refractivity contribution >= 4 is 23.6 Å². The van der Waals surface area contributed by atoms with Crippen LogP contribution < -0.4 is 16.1 Å². The highest BCUT2D eigenvalue weighted by Crippen LogP contribution is 2.15. The normalized spacial score (nSPS) is 13.5. The minimum Gasteiger partial charge on any atom is -0.444 e. The molecule has 0 saturated heterocycles. The van der Waals surface area contributed by atoms with E-state index in [2.05, 4.69) is 21.3 Å². The first-order valence-corrected chi connectivity index (χ1v) is 8.91. The van der Waals surface area contributed by atoms with Gasteiger partial charge in [0.1, 0.15) is 10.5 Å². The standard InChI is InChI=1S/C17H27N5O8/c1-10(19-15(24)29-16(2,3)4)30-21-17(5,6)12(20-25)9-18-14(23)11-7-8-13(28-11)22(26)27/h7-8,10,21,25H,9H2,1-6H3,(H,18,23)(H,19,24)/b20-12+. The van der Waals surface area contributed by atoms with Crippen LogP contribution in [0, 0.1) is 10.1 Å². The lowest BCUT2D eigenvalue weighted by atomic mass is 9.99. The van der Waals surface area contributed by atoms with Crippen LogP contribution in [0.5, 0.6) is 0 Å². The van der Waals surface area contributed by atoms with Crippen LogP contribution in [0.2, 0.25) is 0 Å². The number of nitrogens with zero attached hydrogens (tertiary/aromatic N) is 2. The number of rotatable bonds is 9. The minimum atomic E-state index is -1.07. The molecule has 0 aliphatic rings. The first-order valence-electron chi connectivity index (χ1n) is 8.91. The lowest BCUT2D eigenvalue weighted by molar-refractivity contribution is -0.402. The third-order valence-corrected chi connectivity index (χ3v) is 3.46. The van der Waals surface area contributed by atoms with Crippen LogP contribution in [-0.2, 0) is 9.57 Å². The number of alkyl carbamates (subject to hydrolysis) is 1. The Balaban J connectivity index is 2.58. The van der Waals surface area contributed by atoms with Crippen LogP contribution in [0.15, 0.2) is 21.7 Å². The molecular weight excluding hydrogens is 402 g/mol. The van der Waals surface area contributed by atoms with Crippen LogP contribution in [-0.4, -0.2) is 51.8 Å². The summed E-state index contributed by atoms with van der Waals surface area (Å²) >= 11 is 0. The second kappa shape index (κ2) is 10.0. The van der Waals surface area contributed by atoms with Crippen molar-refractivity contribution in [1.82, 2.24) is 16.1 Å². The Morgan fingerprint density at radius 2 is 1.93 bits per heavy atom. The Labute approximate surface area is 172 Å². The molecule has 1 heterocycles. The molecule has 13 heteroatoms. The van der Waals surface area contributed by atoms with Gasteiger partial charge in [0, 0.05) is 0 Å². The number of furan rings is 1. The average molecular weight is 429 g/mol. The zero-order valence-electron chi connectivity index (χ0n) is 17.6. The summed E-state index contributed by atoms with van der Waals surface area (Å²) in [5.74, 6) is -1.57. The molecule has 1 unspecified atom stereocenters. The Morgan fingerprint density at radius 3 is 2.43 bits per heavy atom. The van der Waals surface area contributed by atoms with Crippen LogP contribution in [0.4, 0.5) is 10.7 Å². The maximum absolute atomic E-state index is 12.1. The summed E-state index contributed by atoms with van der Waals surface area (Å²) in [7, 11) is 0. The van der Waals surface area contributed by atoms with Crippen molar-refractivity contribution < 1.29 is 33.7 Å². The third-order valence-electron chi connectivity index (χ3n) is 3.46. The molecule has 0 radical (unpaired) electrons. The molecule has 1 rings (SSSR count). The first-order chi connectivity index (χ1) is 13.7. The quantitative estimate of drug-likeness (QED) is 0.150. The number of hydrogen-bond acceptors (Lipinski definition) is 10. The van der Waals surface area contributed by atoms with Gasteiger partial charge < -0.3 is 19.7 Å². The highest BCUT2D eigenvalue weighted by Gasteiger charge is 2.28. The number of ether oxygens (including phenoxy) is 1. The number of oxime groups is 1. The highest BCUT2D eigenvalue weighted by atomic mass is 16.7. The van der Waals surface area contributed by atoms with Gasteiger partial charge in [-0.15, -0.1) is 0 Å². The summed E-state index contributed by atoms with van der Waals surface area (Å²) in [6.45, 7) is 9.70. The molecule has 1 atom stereocenters. The lowest BCUT2D eigenvalue weighted by Gasteiger charge is -2.29. The maximum Gasteiger partial charge on any atom is 0.433 e. The van der Waals surface area contributed by atoms with E-state index in [4.69, 9.17) is 14.0 Å². The number of carbonyl (C=O) groups excluding carboxylic acids is 2. The van der Waals surface area contributed by atoms with Gasteiger partial charge >= 0.3 is 12.0 Å². The van der Waals surface area contributed by atoms with Crippen LogP contribution in [0.1, 0.15) is 52.1 Å². The molecular formula is C17H27N5O8. The Bertz CT molecular complexity index is 796. The van der Waals surface area contributed by atoms with E-state index in [0.717, 1.165) is 12.1 Å². The molecule has 13 nitrogen and oxygen atoms in total. The summed E-state index contributed by atoms with van der Waals surface area (Å²) in [5.41, 5.74) is 0.971. The van der Waals surface area contributed by atoms with Gasteiger partial charge in [0.2, 0.25) is 0 Å². The summed E-state index contributed by atoms with van der Waals surface area (Å²) < 4.78 is 9.92. The van der Waals surface area contributed by atoms with Gasteiger partial charge in [0.25, 0.3) is 5.91 Å². The number of carbonyl (C=O) groups is 2. The number of nitrogens with one attached hydrogen (secondary N) is 3. The van der Waals surface area contributed by atoms with E-state index in [0.29, 0.717) is 0 Å². The van der Waals surface area contributed by atoms with Gasteiger partial charge in [-0.3, -0.25) is 25.1 Å². The molecule has 2 amide bonds. The molecule has 168 valence electrons. The topological polar surface area (TPSA) is 178 Å². The zero-order valence-corrected chi connectivity index (χ0v) is 17.6. The minimum absolute atomic E-state index is 0.0707. The van der Waals surface area contributed by atoms with E-state index >= 15 is 0 Å². The summed E-state index contributed by atoms with van der Waals surface area (Å²) in [5, 5.41) is 28.0. The summed E-state index contributed by atoms with van der Waals surface area (Å²) in [4.78, 5) is 39.0. The van der Waals surface area contributed by atoms with Crippen molar-refractivity contribution in [3.63, 3.8) is 0 Å². The van der Waals surface area contributed by atoms with Gasteiger partial charge in [-0.05, 0) is 47.6 Å². The first kappa shape index (κ1) is 24.8. The van der Waals surface area contributed by atoms with E-state index in [1.807, 2.05) is 0 Å². The zero-order chi connectivity index (χ0) is 23.1. The Morgan fingerprint density at radius 1 is 1.30 bits per heavy atom. The molecule has 1 aromatic rings. The predicted octanol–water partition coefficient (Wildman–Crippen LogP) is 1.92. The van der Waals surface area contributed by atoms with Crippen molar-refractivity contribution in [2.45, 2.75) is 58.9 Å². The van der Waals surface area contributed by atoms with E-state index < -0.39 is 40.2 Å². The number of hydrogen-bond donors (Lipinski definition) is 4. The largest absolute Gasteiger partial charge is 0.444 e. The summed E-state index contributed by atoms with van der Waals surface area (Å²) in [6, 6.07) is 2.20. The van der Waals surface area contributed by atoms with Crippen LogP contribution in [0.25, 0.3) is 0 Å². The van der Waals surface area contributed by atoms with Crippen molar-refractivity contribution in [3.8, 4) is 0 Å². The van der Waals surface area contributed by atoms with Crippen LogP contribution in [0.3, 0.4) is 0 Å². The fourth-order valence-electron chi connectivity index (χ4n) is 1.98. The molecule has 30 heavy (non-hydrogen) atoms. The smallest absolute Gasteiger partial charge is 0.433 e. The number of amides is 2. The second-order valence-electron chi connectivity index (χ2n) is 7.76. The maximum atomic E-state index is 12.1. The molecule has 0 aromatic carbocycles. The molecule has 0 spiro atoms. The number of hydroxylamine groups is 1. The van der Waals surface area contributed by atoms with Crippen molar-refractivity contribution in [2.24, 2.45) is 5.16 Å². The van der Waals surface area contributed by atoms with E-state index in [1.54, 1.807) is 41.5 Å². The predicted molar refractivity (Wildman–Crippen MR) is 104 cm³/mol. The molecule has 0 aliphatic carbocycles. The molecule has 0 fully saturated rings. The molecule has 0 bridgehead atoms. The third kappa shape index (κ3) is 8.05. The summed E-state index contributed by atoms with van der Waals surface area (Å²) in [6.07, 6.45) is -1.47. The average Bonchev–Trinajstić information content (AvgIpc) is 3.09. The van der Waals surface area contributed by atoms with Crippen molar-refractivity contribution in [2.75, 3.05) is 6.54 Å². The Hall–Kier alpha value is -3.19. The van der Waals surface area contributed by atoms with Gasteiger partial charge in [-0.25, -0.2) is 4.79 Å². The van der Waals surface area contributed by atoms with Crippen molar-refractivity contribution in [3.05, 3.63) is 28.0 Å². The molecule has 4 N–H and O–H groups in total. The molecule has 0 saturated carbocycles. The van der Waals surface area contributed by atoms with E-state index in [1.165, 1.54) is 0 Å². The lowest BCUT2D eigenvalue weighted by Crippen LogP contribution is -2.53. The van der Waals surface area contributed by atoms with Crippen LogP contribution >= 0.6 is 0 Å². The SMILES string of the molecule is CC(NC(=O)OC(C)(C)C)ONC(C)(C)/C(CNC(=O)c1ccc([N+](=O)[O-])o1)=N/O. The van der Waals surface area contributed by atoms with E-state index in [-0.39, 0.29) is 18.0 Å². The van der Waals surface area contributed by atoms with Gasteiger partial charge in [0.15, 0.2) is 12.0 Å². The van der Waals surface area contributed by atoms with Gasteiger partial charge in [0.05, 0.1) is 23.9 Å². The van der Waals surface area contributed by atoms with Gasteiger partial charge in [-0.1, -0.05) is 5.16 Å². The van der Waals surface area contributed by atoms with E-state index in [9.17, 15) is 24.9 Å². The fraction of sp³-hybridized carbons (Fsp3) is 0.588. The highest BCUT2D eigenvalue weighted by molar-refractivity contribution is 5.99. The molecule has 0 aliphatic heterocycles. The van der Waals surface area contributed by atoms with Crippen molar-refractivity contribution in [1.29, 1.82) is 0 Å². The van der Waals surface area contributed by atoms with Gasteiger partial charge in [-0.2, -0.15) is 5.48 Å². The second-order valence-corrected chi connectivity index (χ2v) is 7.76. The Kier molecular flexibility index (Phi) is 8.30. The monoisotopic (exact) mass is 429 g/mol. The fourth-order valence-corrected chi connectivity index (χ4v) is 1.98. The molecule has 1 aromatic heterocycles. The number of nitro groups is 1.